The molecule has 2 aromatic rings. The van der Waals surface area contributed by atoms with Crippen molar-refractivity contribution in [2.24, 2.45) is 0 Å². The first-order valence-corrected chi connectivity index (χ1v) is 9.16. The summed E-state index contributed by atoms with van der Waals surface area (Å²) in [7, 11) is 0. The van der Waals surface area contributed by atoms with Crippen molar-refractivity contribution in [1.82, 2.24) is 10.6 Å². The maximum atomic E-state index is 12.1. The van der Waals surface area contributed by atoms with E-state index in [-0.39, 0.29) is 11.9 Å². The van der Waals surface area contributed by atoms with Crippen molar-refractivity contribution in [2.75, 3.05) is 13.2 Å². The van der Waals surface area contributed by atoms with Gasteiger partial charge in [-0.3, -0.25) is 4.79 Å². The molecule has 4 rings (SSSR count). The van der Waals surface area contributed by atoms with Crippen LogP contribution < -0.4 is 15.4 Å². The zero-order chi connectivity index (χ0) is 17.1. The third-order valence-corrected chi connectivity index (χ3v) is 5.04. The van der Waals surface area contributed by atoms with Gasteiger partial charge in [0.25, 0.3) is 0 Å². The van der Waals surface area contributed by atoms with Crippen molar-refractivity contribution in [3.05, 3.63) is 53.6 Å². The first kappa shape index (κ1) is 16.2. The molecule has 2 N–H and O–H groups in total. The highest BCUT2D eigenvalue weighted by Gasteiger charge is 2.21. The summed E-state index contributed by atoms with van der Waals surface area (Å²) in [5, 5.41) is 6.25. The minimum Gasteiger partial charge on any atom is -0.493 e. The molecule has 1 unspecified atom stereocenters. The van der Waals surface area contributed by atoms with E-state index in [4.69, 9.17) is 4.74 Å². The smallest absolute Gasteiger partial charge is 0.237 e. The quantitative estimate of drug-likeness (QED) is 0.902. The van der Waals surface area contributed by atoms with E-state index < -0.39 is 0 Å². The van der Waals surface area contributed by atoms with Crippen molar-refractivity contribution < 1.29 is 9.53 Å². The molecule has 0 aliphatic carbocycles. The molecule has 1 atom stereocenters. The van der Waals surface area contributed by atoms with E-state index in [1.165, 1.54) is 16.7 Å². The van der Waals surface area contributed by atoms with Gasteiger partial charge in [-0.25, -0.2) is 0 Å². The predicted octanol–water partition coefficient (Wildman–Crippen LogP) is 3.05. The Kier molecular flexibility index (Phi) is 4.70. The van der Waals surface area contributed by atoms with Gasteiger partial charge in [0.05, 0.1) is 12.6 Å². The van der Waals surface area contributed by atoms with Crippen molar-refractivity contribution in [1.29, 1.82) is 0 Å². The number of benzene rings is 2. The number of rotatable bonds is 4. The van der Waals surface area contributed by atoms with Crippen molar-refractivity contribution >= 4 is 5.91 Å². The molecule has 1 amide bonds. The summed E-state index contributed by atoms with van der Waals surface area (Å²) in [5.74, 6) is 1.13. The molecule has 4 nitrogen and oxygen atoms in total. The monoisotopic (exact) mass is 336 g/mol. The molecule has 130 valence electrons. The van der Waals surface area contributed by atoms with Gasteiger partial charge in [0, 0.05) is 6.54 Å². The normalized spacial score (nSPS) is 19.1. The highest BCUT2D eigenvalue weighted by atomic mass is 16.5. The molecule has 2 heterocycles. The number of ether oxygens (including phenoxy) is 1. The second-order valence-corrected chi connectivity index (χ2v) is 6.84. The average molecular weight is 336 g/mol. The van der Waals surface area contributed by atoms with E-state index in [1.807, 2.05) is 0 Å². The van der Waals surface area contributed by atoms with Crippen molar-refractivity contribution in [2.45, 2.75) is 38.3 Å². The molecular weight excluding hydrogens is 312 g/mol. The van der Waals surface area contributed by atoms with Crippen molar-refractivity contribution in [3.63, 3.8) is 0 Å². The van der Waals surface area contributed by atoms with Crippen LogP contribution in [-0.4, -0.2) is 25.1 Å². The van der Waals surface area contributed by atoms with Gasteiger partial charge >= 0.3 is 0 Å². The molecule has 2 aromatic carbocycles. The van der Waals surface area contributed by atoms with Crippen LogP contribution in [0.1, 0.15) is 30.4 Å². The molecule has 0 spiro atoms. The SMILES string of the molecule is O=C(NCc1ccc(-c2ccc3c(c2)CCCO3)cc1)C1CCCN1. The van der Waals surface area contributed by atoms with E-state index in [9.17, 15) is 4.79 Å². The van der Waals surface area contributed by atoms with Gasteiger partial charge in [0.2, 0.25) is 5.91 Å². The molecular formula is C21H24N2O2. The van der Waals surface area contributed by atoms with Gasteiger partial charge < -0.3 is 15.4 Å². The van der Waals surface area contributed by atoms with Gasteiger partial charge in [0.1, 0.15) is 5.75 Å². The number of fused-ring (bicyclic) bond motifs is 1. The molecule has 0 radical (unpaired) electrons. The summed E-state index contributed by atoms with van der Waals surface area (Å²) < 4.78 is 5.68. The third kappa shape index (κ3) is 3.69. The molecule has 2 aliphatic heterocycles. The number of aryl methyl sites for hydroxylation is 1. The Hall–Kier alpha value is -2.33. The lowest BCUT2D eigenvalue weighted by Gasteiger charge is -2.18. The summed E-state index contributed by atoms with van der Waals surface area (Å²) in [5.41, 5.74) is 4.83. The molecule has 1 saturated heterocycles. The molecule has 0 bridgehead atoms. The second-order valence-electron chi connectivity index (χ2n) is 6.84. The molecule has 4 heteroatoms. The molecule has 0 aromatic heterocycles. The number of nitrogens with one attached hydrogen (secondary N) is 2. The van der Waals surface area contributed by atoms with Crippen LogP contribution >= 0.6 is 0 Å². The Labute approximate surface area is 148 Å². The topological polar surface area (TPSA) is 50.4 Å². The van der Waals surface area contributed by atoms with Gasteiger partial charge in [-0.15, -0.1) is 0 Å². The lowest BCUT2D eigenvalue weighted by atomic mass is 9.98. The van der Waals surface area contributed by atoms with Crippen LogP contribution in [0.5, 0.6) is 5.75 Å². The Bertz CT molecular complexity index is 749. The van der Waals surface area contributed by atoms with Crippen molar-refractivity contribution in [3.8, 4) is 16.9 Å². The molecule has 2 aliphatic rings. The lowest BCUT2D eigenvalue weighted by molar-refractivity contribution is -0.122. The van der Waals surface area contributed by atoms with Gasteiger partial charge in [-0.1, -0.05) is 30.3 Å². The first-order chi connectivity index (χ1) is 12.3. The number of carbonyl (C=O) groups is 1. The van der Waals surface area contributed by atoms with E-state index in [0.717, 1.165) is 50.1 Å². The Morgan fingerprint density at radius 3 is 2.76 bits per heavy atom. The van der Waals surface area contributed by atoms with Gasteiger partial charge in [0.15, 0.2) is 0 Å². The van der Waals surface area contributed by atoms with E-state index in [0.29, 0.717) is 6.54 Å². The Morgan fingerprint density at radius 2 is 1.96 bits per heavy atom. The molecule has 25 heavy (non-hydrogen) atoms. The highest BCUT2D eigenvalue weighted by Crippen LogP contribution is 2.30. The number of carbonyl (C=O) groups excluding carboxylic acids is 1. The zero-order valence-electron chi connectivity index (χ0n) is 14.4. The van der Waals surface area contributed by atoms with E-state index in [2.05, 4.69) is 53.1 Å². The maximum Gasteiger partial charge on any atom is 0.237 e. The lowest BCUT2D eigenvalue weighted by Crippen LogP contribution is -2.39. The van der Waals surface area contributed by atoms with Crippen LogP contribution in [0, 0.1) is 0 Å². The van der Waals surface area contributed by atoms with E-state index >= 15 is 0 Å². The van der Waals surface area contributed by atoms with Crippen LogP contribution in [0.2, 0.25) is 0 Å². The minimum absolute atomic E-state index is 0.0167. The molecule has 1 fully saturated rings. The Balaban J connectivity index is 1.40. The predicted molar refractivity (Wildman–Crippen MR) is 98.6 cm³/mol. The Morgan fingerprint density at radius 1 is 1.12 bits per heavy atom. The average Bonchev–Trinajstić information content (AvgIpc) is 3.21. The van der Waals surface area contributed by atoms with Crippen LogP contribution in [0.3, 0.4) is 0 Å². The number of hydrogen-bond acceptors (Lipinski definition) is 3. The first-order valence-electron chi connectivity index (χ1n) is 9.16. The van der Waals surface area contributed by atoms with E-state index in [1.54, 1.807) is 0 Å². The van der Waals surface area contributed by atoms with Gasteiger partial charge in [-0.2, -0.15) is 0 Å². The van der Waals surface area contributed by atoms with Crippen LogP contribution in [-0.2, 0) is 17.8 Å². The number of amides is 1. The maximum absolute atomic E-state index is 12.1. The standard InChI is InChI=1S/C21H24N2O2/c24-21(19-4-1-11-22-19)23-14-15-5-7-16(8-6-15)17-9-10-20-18(13-17)3-2-12-25-20/h5-10,13,19,22H,1-4,11-12,14H2,(H,23,24). The fourth-order valence-corrected chi connectivity index (χ4v) is 3.58. The van der Waals surface area contributed by atoms with Crippen LogP contribution in [0.25, 0.3) is 11.1 Å². The summed E-state index contributed by atoms with van der Waals surface area (Å²) >= 11 is 0. The third-order valence-electron chi connectivity index (χ3n) is 5.04. The minimum atomic E-state index is -0.0167. The fraction of sp³-hybridized carbons (Fsp3) is 0.381. The van der Waals surface area contributed by atoms with Gasteiger partial charge in [-0.05, 0) is 66.6 Å². The summed E-state index contributed by atoms with van der Waals surface area (Å²) in [6.45, 7) is 2.34. The van der Waals surface area contributed by atoms with Crippen LogP contribution in [0.4, 0.5) is 0 Å². The summed E-state index contributed by atoms with van der Waals surface area (Å²) in [6, 6.07) is 14.8. The van der Waals surface area contributed by atoms with Crippen LogP contribution in [0.15, 0.2) is 42.5 Å². The summed E-state index contributed by atoms with van der Waals surface area (Å²) in [6.07, 6.45) is 4.19. The second kappa shape index (κ2) is 7.28. The highest BCUT2D eigenvalue weighted by molar-refractivity contribution is 5.82. The fourth-order valence-electron chi connectivity index (χ4n) is 3.58. The number of hydrogen-bond donors (Lipinski definition) is 2. The summed E-state index contributed by atoms with van der Waals surface area (Å²) in [4.78, 5) is 12.1. The largest absolute Gasteiger partial charge is 0.493 e. The molecule has 0 saturated carbocycles. The zero-order valence-corrected chi connectivity index (χ0v) is 14.4.